The van der Waals surface area contributed by atoms with Crippen LogP contribution in [0.1, 0.15) is 52.4 Å². The maximum Gasteiger partial charge on any atom is 0.352 e. The molecule has 0 saturated carbocycles. The van der Waals surface area contributed by atoms with Crippen molar-refractivity contribution in [2.45, 2.75) is 34.1 Å². The van der Waals surface area contributed by atoms with Crippen LogP contribution in [-0.4, -0.2) is 40.0 Å². The fourth-order valence-electron chi connectivity index (χ4n) is 2.34. The van der Waals surface area contributed by atoms with Gasteiger partial charge in [-0.1, -0.05) is 13.8 Å². The number of carboxylic acids is 1. The first-order valence-corrected chi connectivity index (χ1v) is 6.88. The smallest absolute Gasteiger partial charge is 0.352 e. The third kappa shape index (κ3) is 3.85. The molecule has 0 unspecified atom stereocenters. The number of rotatable bonds is 6. The summed E-state index contributed by atoms with van der Waals surface area (Å²) < 4.78 is 0. The lowest BCUT2D eigenvalue weighted by Crippen LogP contribution is -2.35. The Morgan fingerprint density at radius 2 is 2.00 bits per heavy atom. The minimum absolute atomic E-state index is 0.0423. The Hall–Kier alpha value is -2.29. The van der Waals surface area contributed by atoms with Gasteiger partial charge in [-0.3, -0.25) is 4.79 Å². The second kappa shape index (κ2) is 6.93. The molecule has 0 spiro atoms. The highest BCUT2D eigenvalue weighted by molar-refractivity contribution is 6.00. The highest BCUT2D eigenvalue weighted by Crippen LogP contribution is 2.20. The number of H-pyrrole nitrogens is 1. The van der Waals surface area contributed by atoms with Gasteiger partial charge in [-0.15, -0.1) is 0 Å². The topological polar surface area (TPSA) is 97.2 Å². The van der Waals surface area contributed by atoms with Crippen LogP contribution in [0.3, 0.4) is 0 Å². The summed E-state index contributed by atoms with van der Waals surface area (Å²) in [6.45, 7) is 8.17. The Morgan fingerprint density at radius 3 is 2.43 bits per heavy atom. The summed E-state index contributed by atoms with van der Waals surface area (Å²) >= 11 is 0. The predicted molar refractivity (Wildman–Crippen MR) is 78.2 cm³/mol. The molecule has 114 valence electrons. The number of carboxylic acid groups (broad SMARTS) is 1. The van der Waals surface area contributed by atoms with Crippen molar-refractivity contribution in [3.63, 3.8) is 0 Å². The SMILES string of the molecule is Cc1[nH]c(C(=O)O)c(C)c1C(=O)N(CCC#N)CC(C)C. The summed E-state index contributed by atoms with van der Waals surface area (Å²) in [6.07, 6.45) is 0.257. The van der Waals surface area contributed by atoms with Gasteiger partial charge in [-0.05, 0) is 25.3 Å². The molecule has 1 amide bonds. The Bertz CT molecular complexity index is 582. The van der Waals surface area contributed by atoms with Gasteiger partial charge >= 0.3 is 5.97 Å². The molecule has 21 heavy (non-hydrogen) atoms. The molecule has 0 fully saturated rings. The molecule has 1 heterocycles. The number of hydrogen-bond acceptors (Lipinski definition) is 3. The van der Waals surface area contributed by atoms with Gasteiger partial charge in [0.05, 0.1) is 18.1 Å². The number of nitrogens with one attached hydrogen (secondary N) is 1. The molecule has 0 atom stereocenters. The molecule has 0 radical (unpaired) electrons. The number of aromatic carboxylic acids is 1. The van der Waals surface area contributed by atoms with Gasteiger partial charge in [0.25, 0.3) is 5.91 Å². The van der Waals surface area contributed by atoms with Crippen molar-refractivity contribution < 1.29 is 14.7 Å². The Kier molecular flexibility index (Phi) is 5.53. The van der Waals surface area contributed by atoms with Gasteiger partial charge in [0, 0.05) is 18.8 Å². The fraction of sp³-hybridized carbons (Fsp3) is 0.533. The number of nitrogens with zero attached hydrogens (tertiary/aromatic N) is 2. The second-order valence-corrected chi connectivity index (χ2v) is 5.48. The molecule has 1 rings (SSSR count). The van der Waals surface area contributed by atoms with Crippen LogP contribution in [0.4, 0.5) is 0 Å². The molecule has 0 aliphatic rings. The maximum atomic E-state index is 12.7. The van der Waals surface area contributed by atoms with E-state index in [2.05, 4.69) is 4.98 Å². The molecule has 0 saturated heterocycles. The van der Waals surface area contributed by atoms with Crippen LogP contribution in [0.2, 0.25) is 0 Å². The molecule has 0 bridgehead atoms. The van der Waals surface area contributed by atoms with Crippen LogP contribution < -0.4 is 0 Å². The Labute approximate surface area is 124 Å². The fourth-order valence-corrected chi connectivity index (χ4v) is 2.34. The van der Waals surface area contributed by atoms with Gasteiger partial charge in [0.2, 0.25) is 0 Å². The van der Waals surface area contributed by atoms with E-state index in [1.807, 2.05) is 19.9 Å². The van der Waals surface area contributed by atoms with Gasteiger partial charge in [0.15, 0.2) is 0 Å². The predicted octanol–water partition coefficient (Wildman–Crippen LogP) is 2.34. The van der Waals surface area contributed by atoms with Crippen molar-refractivity contribution in [1.29, 1.82) is 5.26 Å². The van der Waals surface area contributed by atoms with Gasteiger partial charge in [0.1, 0.15) is 5.69 Å². The lowest BCUT2D eigenvalue weighted by atomic mass is 10.1. The van der Waals surface area contributed by atoms with E-state index in [1.54, 1.807) is 18.7 Å². The van der Waals surface area contributed by atoms with E-state index in [0.717, 1.165) is 0 Å². The van der Waals surface area contributed by atoms with E-state index >= 15 is 0 Å². The molecule has 6 heteroatoms. The minimum Gasteiger partial charge on any atom is -0.477 e. The largest absolute Gasteiger partial charge is 0.477 e. The molecule has 1 aromatic heterocycles. The number of aryl methyl sites for hydroxylation is 1. The van der Waals surface area contributed by atoms with Crippen LogP contribution in [0.15, 0.2) is 0 Å². The number of hydrogen-bond donors (Lipinski definition) is 2. The third-order valence-corrected chi connectivity index (χ3v) is 3.23. The van der Waals surface area contributed by atoms with Gasteiger partial charge in [-0.25, -0.2) is 4.79 Å². The Balaban J connectivity index is 3.14. The van der Waals surface area contributed by atoms with E-state index in [0.29, 0.717) is 29.9 Å². The molecular formula is C15H21N3O3. The normalized spacial score (nSPS) is 10.5. The molecule has 0 aliphatic heterocycles. The monoisotopic (exact) mass is 291 g/mol. The van der Waals surface area contributed by atoms with Crippen LogP contribution in [0, 0.1) is 31.1 Å². The number of nitriles is 1. The highest BCUT2D eigenvalue weighted by Gasteiger charge is 2.25. The summed E-state index contributed by atoms with van der Waals surface area (Å²) in [5, 5.41) is 17.8. The van der Waals surface area contributed by atoms with Crippen molar-refractivity contribution in [2.24, 2.45) is 5.92 Å². The third-order valence-electron chi connectivity index (χ3n) is 3.23. The highest BCUT2D eigenvalue weighted by atomic mass is 16.4. The molecule has 0 aromatic carbocycles. The second-order valence-electron chi connectivity index (χ2n) is 5.48. The molecule has 1 aromatic rings. The van der Waals surface area contributed by atoms with Crippen LogP contribution in [0.25, 0.3) is 0 Å². The average Bonchev–Trinajstić information content (AvgIpc) is 2.69. The lowest BCUT2D eigenvalue weighted by molar-refractivity contribution is 0.0690. The molecule has 2 N–H and O–H groups in total. The van der Waals surface area contributed by atoms with Crippen molar-refractivity contribution in [1.82, 2.24) is 9.88 Å². The maximum absolute atomic E-state index is 12.7. The van der Waals surface area contributed by atoms with Crippen molar-refractivity contribution >= 4 is 11.9 Å². The van der Waals surface area contributed by atoms with Gasteiger partial charge in [-0.2, -0.15) is 5.26 Å². The van der Waals surface area contributed by atoms with Crippen LogP contribution >= 0.6 is 0 Å². The first kappa shape index (κ1) is 16.8. The number of aromatic nitrogens is 1. The van der Waals surface area contributed by atoms with Crippen molar-refractivity contribution in [2.75, 3.05) is 13.1 Å². The first-order valence-electron chi connectivity index (χ1n) is 6.88. The summed E-state index contributed by atoms with van der Waals surface area (Å²) in [5.41, 5.74) is 1.42. The minimum atomic E-state index is -1.08. The summed E-state index contributed by atoms with van der Waals surface area (Å²) in [5.74, 6) is -1.04. The van der Waals surface area contributed by atoms with E-state index in [-0.39, 0.29) is 23.9 Å². The number of aromatic amines is 1. The number of carbonyl (C=O) groups is 2. The molecule has 0 aliphatic carbocycles. The van der Waals surface area contributed by atoms with E-state index in [9.17, 15) is 9.59 Å². The van der Waals surface area contributed by atoms with E-state index < -0.39 is 5.97 Å². The summed E-state index contributed by atoms with van der Waals surface area (Å²) in [6, 6.07) is 2.03. The van der Waals surface area contributed by atoms with E-state index in [1.165, 1.54) is 0 Å². The standard InChI is InChI=1S/C15H21N3O3/c1-9(2)8-18(7-5-6-16)14(19)12-10(3)13(15(20)21)17-11(12)4/h9,17H,5,7-8H2,1-4H3,(H,20,21). The van der Waals surface area contributed by atoms with Gasteiger partial charge < -0.3 is 15.0 Å². The quantitative estimate of drug-likeness (QED) is 0.840. The summed E-state index contributed by atoms with van der Waals surface area (Å²) in [7, 11) is 0. The van der Waals surface area contributed by atoms with Crippen molar-refractivity contribution in [3.8, 4) is 6.07 Å². The average molecular weight is 291 g/mol. The number of amides is 1. The zero-order chi connectivity index (χ0) is 16.2. The van der Waals surface area contributed by atoms with E-state index in [4.69, 9.17) is 10.4 Å². The Morgan fingerprint density at radius 1 is 1.38 bits per heavy atom. The summed E-state index contributed by atoms with van der Waals surface area (Å²) in [4.78, 5) is 28.2. The van der Waals surface area contributed by atoms with Crippen LogP contribution in [0.5, 0.6) is 0 Å². The zero-order valence-electron chi connectivity index (χ0n) is 12.9. The van der Waals surface area contributed by atoms with Crippen LogP contribution in [-0.2, 0) is 0 Å². The van der Waals surface area contributed by atoms with Crippen molar-refractivity contribution in [3.05, 3.63) is 22.5 Å². The zero-order valence-corrected chi connectivity index (χ0v) is 12.9. The first-order chi connectivity index (χ1) is 9.79. The molecule has 6 nitrogen and oxygen atoms in total. The number of carbonyl (C=O) groups excluding carboxylic acids is 1. The molecular weight excluding hydrogens is 270 g/mol. The lowest BCUT2D eigenvalue weighted by Gasteiger charge is -2.24.